The number of benzene rings is 1. The first-order valence-electron chi connectivity index (χ1n) is 6.16. The molecular weight excluding hydrogens is 212 g/mol. The number of ether oxygens (including phenoxy) is 1. The van der Waals surface area contributed by atoms with Gasteiger partial charge in [-0.25, -0.2) is 0 Å². The Balaban J connectivity index is 1.92. The van der Waals surface area contributed by atoms with Crippen LogP contribution in [0.2, 0.25) is 0 Å². The summed E-state index contributed by atoms with van der Waals surface area (Å²) in [5.41, 5.74) is 2.81. The number of rotatable bonds is 4. The molecule has 3 nitrogen and oxygen atoms in total. The normalized spacial score (nSPS) is 18.9. The van der Waals surface area contributed by atoms with Crippen molar-refractivity contribution in [3.8, 4) is 6.07 Å². The third-order valence-electron chi connectivity index (χ3n) is 3.19. The Morgan fingerprint density at radius 2 is 2.41 bits per heavy atom. The molecule has 1 heterocycles. The SMILES string of the molecule is Cc1cccc(C#N)c1NCCC1CCCO1. The van der Waals surface area contributed by atoms with Crippen molar-refractivity contribution < 1.29 is 4.74 Å². The summed E-state index contributed by atoms with van der Waals surface area (Å²) in [4.78, 5) is 0. The van der Waals surface area contributed by atoms with E-state index < -0.39 is 0 Å². The molecule has 90 valence electrons. The molecule has 1 saturated heterocycles. The van der Waals surface area contributed by atoms with Crippen LogP contribution in [0.25, 0.3) is 0 Å². The van der Waals surface area contributed by atoms with Gasteiger partial charge < -0.3 is 10.1 Å². The molecule has 0 spiro atoms. The maximum Gasteiger partial charge on any atom is 0.101 e. The fourth-order valence-electron chi connectivity index (χ4n) is 2.23. The summed E-state index contributed by atoms with van der Waals surface area (Å²) in [6.07, 6.45) is 3.76. The fourth-order valence-corrected chi connectivity index (χ4v) is 2.23. The van der Waals surface area contributed by atoms with Gasteiger partial charge in [0.15, 0.2) is 0 Å². The van der Waals surface area contributed by atoms with Crippen molar-refractivity contribution >= 4 is 5.69 Å². The van der Waals surface area contributed by atoms with Crippen LogP contribution in [0.1, 0.15) is 30.4 Å². The van der Waals surface area contributed by atoms with Crippen molar-refractivity contribution in [2.24, 2.45) is 0 Å². The molecule has 1 aliphatic rings. The van der Waals surface area contributed by atoms with Crippen molar-refractivity contribution in [1.82, 2.24) is 0 Å². The highest BCUT2D eigenvalue weighted by atomic mass is 16.5. The van der Waals surface area contributed by atoms with Gasteiger partial charge in [-0.05, 0) is 37.8 Å². The molecule has 3 heteroatoms. The van der Waals surface area contributed by atoms with Gasteiger partial charge >= 0.3 is 0 Å². The summed E-state index contributed by atoms with van der Waals surface area (Å²) in [6, 6.07) is 8.01. The van der Waals surface area contributed by atoms with Gasteiger partial charge in [0.1, 0.15) is 6.07 Å². The van der Waals surface area contributed by atoms with Crippen LogP contribution in [0, 0.1) is 18.3 Å². The van der Waals surface area contributed by atoms with Crippen LogP contribution >= 0.6 is 0 Å². The predicted molar refractivity (Wildman–Crippen MR) is 68.0 cm³/mol. The summed E-state index contributed by atoms with van der Waals surface area (Å²) >= 11 is 0. The number of nitriles is 1. The van der Waals surface area contributed by atoms with Crippen molar-refractivity contribution in [3.05, 3.63) is 29.3 Å². The highest BCUT2D eigenvalue weighted by Crippen LogP contribution is 2.21. The van der Waals surface area contributed by atoms with Crippen molar-refractivity contribution in [1.29, 1.82) is 5.26 Å². The van der Waals surface area contributed by atoms with Crippen molar-refractivity contribution in [2.45, 2.75) is 32.3 Å². The van der Waals surface area contributed by atoms with E-state index in [9.17, 15) is 0 Å². The van der Waals surface area contributed by atoms with Crippen LogP contribution in [-0.4, -0.2) is 19.3 Å². The highest BCUT2D eigenvalue weighted by molar-refractivity contribution is 5.62. The Hall–Kier alpha value is -1.53. The van der Waals surface area contributed by atoms with Crippen LogP contribution in [0.15, 0.2) is 18.2 Å². The topological polar surface area (TPSA) is 45.0 Å². The maximum atomic E-state index is 9.04. The summed E-state index contributed by atoms with van der Waals surface area (Å²) in [7, 11) is 0. The molecule has 0 aliphatic carbocycles. The van der Waals surface area contributed by atoms with Crippen LogP contribution in [0.5, 0.6) is 0 Å². The zero-order valence-corrected chi connectivity index (χ0v) is 10.2. The lowest BCUT2D eigenvalue weighted by atomic mass is 10.1. The number of nitrogens with one attached hydrogen (secondary N) is 1. The molecule has 1 fully saturated rings. The van der Waals surface area contributed by atoms with Gasteiger partial charge in [-0.2, -0.15) is 5.26 Å². The average molecular weight is 230 g/mol. The third-order valence-corrected chi connectivity index (χ3v) is 3.19. The first-order valence-corrected chi connectivity index (χ1v) is 6.16. The highest BCUT2D eigenvalue weighted by Gasteiger charge is 2.15. The minimum atomic E-state index is 0.400. The number of nitrogens with zero attached hydrogens (tertiary/aromatic N) is 1. The third kappa shape index (κ3) is 2.98. The van der Waals surface area contributed by atoms with E-state index in [0.29, 0.717) is 6.10 Å². The van der Waals surface area contributed by atoms with E-state index in [-0.39, 0.29) is 0 Å². The Labute approximate surface area is 102 Å². The van der Waals surface area contributed by atoms with Gasteiger partial charge in [0, 0.05) is 13.2 Å². The van der Waals surface area contributed by atoms with Crippen LogP contribution in [0.4, 0.5) is 5.69 Å². The Morgan fingerprint density at radius 3 is 3.12 bits per heavy atom. The zero-order valence-electron chi connectivity index (χ0n) is 10.2. The van der Waals surface area contributed by atoms with E-state index in [1.807, 2.05) is 25.1 Å². The molecule has 17 heavy (non-hydrogen) atoms. The minimum Gasteiger partial charge on any atom is -0.384 e. The van der Waals surface area contributed by atoms with Crippen molar-refractivity contribution in [2.75, 3.05) is 18.5 Å². The van der Waals surface area contributed by atoms with E-state index in [2.05, 4.69) is 11.4 Å². The number of anilines is 1. The van der Waals surface area contributed by atoms with Crippen molar-refractivity contribution in [3.63, 3.8) is 0 Å². The standard InChI is InChI=1S/C14H18N2O/c1-11-4-2-5-12(10-15)14(11)16-8-7-13-6-3-9-17-13/h2,4-5,13,16H,3,6-9H2,1H3. The molecule has 1 N–H and O–H groups in total. The molecule has 2 rings (SSSR count). The van der Waals surface area contributed by atoms with Crippen LogP contribution < -0.4 is 5.32 Å². The van der Waals surface area contributed by atoms with E-state index in [0.717, 1.165) is 36.4 Å². The fraction of sp³-hybridized carbons (Fsp3) is 0.500. The summed E-state index contributed by atoms with van der Waals surface area (Å²) in [6.45, 7) is 3.79. The first-order chi connectivity index (χ1) is 8.31. The van der Waals surface area contributed by atoms with E-state index >= 15 is 0 Å². The molecule has 1 aromatic rings. The zero-order chi connectivity index (χ0) is 12.1. The maximum absolute atomic E-state index is 9.04. The first kappa shape index (κ1) is 11.9. The summed E-state index contributed by atoms with van der Waals surface area (Å²) in [5, 5.41) is 12.4. The second kappa shape index (κ2) is 5.70. The van der Waals surface area contributed by atoms with Gasteiger partial charge in [-0.1, -0.05) is 12.1 Å². The van der Waals surface area contributed by atoms with E-state index in [4.69, 9.17) is 10.00 Å². The van der Waals surface area contributed by atoms with Crippen LogP contribution in [-0.2, 0) is 4.74 Å². The molecule has 1 aromatic carbocycles. The average Bonchev–Trinajstić information content (AvgIpc) is 2.84. The second-order valence-corrected chi connectivity index (χ2v) is 4.46. The minimum absolute atomic E-state index is 0.400. The van der Waals surface area contributed by atoms with Gasteiger partial charge in [0.25, 0.3) is 0 Å². The Kier molecular flexibility index (Phi) is 4.00. The van der Waals surface area contributed by atoms with Crippen LogP contribution in [0.3, 0.4) is 0 Å². The molecule has 0 aromatic heterocycles. The molecule has 0 bridgehead atoms. The van der Waals surface area contributed by atoms with Gasteiger partial charge in [0.2, 0.25) is 0 Å². The second-order valence-electron chi connectivity index (χ2n) is 4.46. The number of para-hydroxylation sites is 1. The lowest BCUT2D eigenvalue weighted by Crippen LogP contribution is -2.13. The molecular formula is C14H18N2O. The van der Waals surface area contributed by atoms with Gasteiger partial charge in [-0.15, -0.1) is 0 Å². The molecule has 1 aliphatic heterocycles. The molecule has 0 amide bonds. The largest absolute Gasteiger partial charge is 0.384 e. The van der Waals surface area contributed by atoms with Gasteiger partial charge in [-0.3, -0.25) is 0 Å². The molecule has 1 atom stereocenters. The lowest BCUT2D eigenvalue weighted by Gasteiger charge is -2.13. The number of aryl methyl sites for hydroxylation is 1. The predicted octanol–water partition coefficient (Wildman–Crippen LogP) is 2.85. The number of hydrogen-bond acceptors (Lipinski definition) is 3. The number of hydrogen-bond donors (Lipinski definition) is 1. The smallest absolute Gasteiger partial charge is 0.101 e. The molecule has 0 saturated carbocycles. The monoisotopic (exact) mass is 230 g/mol. The Bertz CT molecular complexity index is 417. The molecule has 1 unspecified atom stereocenters. The quantitative estimate of drug-likeness (QED) is 0.865. The van der Waals surface area contributed by atoms with E-state index in [1.54, 1.807) is 0 Å². The molecule has 0 radical (unpaired) electrons. The van der Waals surface area contributed by atoms with E-state index in [1.165, 1.54) is 12.8 Å². The summed E-state index contributed by atoms with van der Waals surface area (Å²) in [5.74, 6) is 0. The van der Waals surface area contributed by atoms with Gasteiger partial charge in [0.05, 0.1) is 17.4 Å². The lowest BCUT2D eigenvalue weighted by molar-refractivity contribution is 0.107. The summed E-state index contributed by atoms with van der Waals surface area (Å²) < 4.78 is 5.57. The Morgan fingerprint density at radius 1 is 1.53 bits per heavy atom.